The Kier molecular flexibility index (Phi) is 37.0. The molecule has 68 heavy (non-hydrogen) atoms. The van der Waals surface area contributed by atoms with Crippen LogP contribution in [0.4, 0.5) is 0 Å². The van der Waals surface area contributed by atoms with Crippen molar-refractivity contribution in [2.45, 2.75) is 267 Å². The van der Waals surface area contributed by atoms with Crippen molar-refractivity contribution in [1.29, 1.82) is 0 Å². The normalized spacial score (nSPS) is 26.7. The van der Waals surface area contributed by atoms with Crippen LogP contribution < -0.4 is 5.32 Å². The Hall–Kier alpha value is -2.05. The molecule has 0 aromatic heterocycles. The van der Waals surface area contributed by atoms with Crippen molar-refractivity contribution in [3.63, 3.8) is 0 Å². The van der Waals surface area contributed by atoms with E-state index in [9.17, 15) is 45.6 Å². The quantitative estimate of drug-likeness (QED) is 0.0212. The zero-order valence-electron chi connectivity index (χ0n) is 42.1. The van der Waals surface area contributed by atoms with Crippen molar-refractivity contribution in [3.05, 3.63) is 48.6 Å². The maximum absolute atomic E-state index is 13.2. The summed E-state index contributed by atoms with van der Waals surface area (Å²) in [7, 11) is 0. The topological polar surface area (TPSA) is 228 Å². The van der Waals surface area contributed by atoms with Gasteiger partial charge in [0.1, 0.15) is 48.8 Å². The fraction of sp³-hybridized carbons (Fsp3) is 0.833. The molecule has 2 rings (SSSR count). The first-order chi connectivity index (χ1) is 33.1. The lowest BCUT2D eigenvalue weighted by Gasteiger charge is -2.46. The molecule has 2 heterocycles. The second-order valence-corrected chi connectivity index (χ2v) is 19.0. The monoisotopic (exact) mass is 968 g/mol. The van der Waals surface area contributed by atoms with Gasteiger partial charge in [-0.3, -0.25) is 4.79 Å². The van der Waals surface area contributed by atoms with Gasteiger partial charge in [0.25, 0.3) is 0 Å². The molecule has 1 amide bonds. The van der Waals surface area contributed by atoms with Gasteiger partial charge in [0.15, 0.2) is 12.6 Å². The Bertz CT molecular complexity index is 1330. The average molecular weight is 968 g/mol. The third-order valence-corrected chi connectivity index (χ3v) is 13.0. The first-order valence-electron chi connectivity index (χ1n) is 26.9. The van der Waals surface area contributed by atoms with Gasteiger partial charge in [0, 0.05) is 6.42 Å². The van der Waals surface area contributed by atoms with Gasteiger partial charge in [-0.1, -0.05) is 172 Å². The summed E-state index contributed by atoms with van der Waals surface area (Å²) < 4.78 is 22.6. The maximum atomic E-state index is 13.2. The second kappa shape index (κ2) is 40.5. The van der Waals surface area contributed by atoms with Gasteiger partial charge in [-0.25, -0.2) is 0 Å². The zero-order chi connectivity index (χ0) is 49.6. The molecule has 2 aliphatic heterocycles. The number of nitrogens with one attached hydrogen (secondary N) is 1. The Morgan fingerprint density at radius 1 is 0.529 bits per heavy atom. The average Bonchev–Trinajstić information content (AvgIpc) is 3.34. The molecule has 0 bridgehead atoms. The number of amides is 1. The minimum absolute atomic E-state index is 0.254. The minimum atomic E-state index is -1.79. The molecule has 14 nitrogen and oxygen atoms in total. The number of ether oxygens (including phenoxy) is 4. The van der Waals surface area contributed by atoms with Crippen LogP contribution in [0.1, 0.15) is 194 Å². The summed E-state index contributed by atoms with van der Waals surface area (Å²) in [5, 5.41) is 86.6. The molecule has 0 saturated carbocycles. The van der Waals surface area contributed by atoms with Crippen LogP contribution in [0.5, 0.6) is 0 Å². The van der Waals surface area contributed by atoms with E-state index < -0.39 is 86.8 Å². The highest BCUT2D eigenvalue weighted by atomic mass is 16.7. The fourth-order valence-corrected chi connectivity index (χ4v) is 8.57. The second-order valence-electron chi connectivity index (χ2n) is 19.0. The van der Waals surface area contributed by atoms with Gasteiger partial charge >= 0.3 is 0 Å². The van der Waals surface area contributed by atoms with E-state index in [1.54, 1.807) is 6.08 Å². The largest absolute Gasteiger partial charge is 0.394 e. The summed E-state index contributed by atoms with van der Waals surface area (Å²) in [5.41, 5.74) is 0. The van der Waals surface area contributed by atoms with E-state index >= 15 is 0 Å². The molecule has 14 heteroatoms. The van der Waals surface area contributed by atoms with Crippen molar-refractivity contribution < 1.29 is 64.6 Å². The number of unbranched alkanes of at least 4 members (excludes halogenated alkanes) is 22. The molecule has 0 aliphatic carbocycles. The Morgan fingerprint density at radius 3 is 1.56 bits per heavy atom. The van der Waals surface area contributed by atoms with Gasteiger partial charge in [-0.15, -0.1) is 0 Å². The highest BCUT2D eigenvalue weighted by molar-refractivity contribution is 5.76. The maximum Gasteiger partial charge on any atom is 0.220 e. The first-order valence-corrected chi connectivity index (χ1v) is 26.9. The molecule has 0 radical (unpaired) electrons. The number of hydrogen-bond donors (Lipinski definition) is 9. The van der Waals surface area contributed by atoms with E-state index in [2.05, 4.69) is 55.6 Å². The molecule has 2 saturated heterocycles. The highest BCUT2D eigenvalue weighted by Gasteiger charge is 2.51. The smallest absolute Gasteiger partial charge is 0.220 e. The number of carbonyl (C=O) groups is 1. The summed E-state index contributed by atoms with van der Waals surface area (Å²) in [5.74, 6) is -0.254. The van der Waals surface area contributed by atoms with Gasteiger partial charge in [-0.05, 0) is 64.2 Å². The Balaban J connectivity index is 1.72. The molecule has 12 unspecified atom stereocenters. The van der Waals surface area contributed by atoms with E-state index in [0.717, 1.165) is 44.9 Å². The third-order valence-electron chi connectivity index (χ3n) is 13.0. The lowest BCUT2D eigenvalue weighted by molar-refractivity contribution is -0.359. The number of hydrogen-bond acceptors (Lipinski definition) is 13. The molecule has 2 aliphatic rings. The minimum Gasteiger partial charge on any atom is -0.394 e. The van der Waals surface area contributed by atoms with Crippen LogP contribution >= 0.6 is 0 Å². The molecule has 0 spiro atoms. The van der Waals surface area contributed by atoms with Crippen LogP contribution in [0, 0.1) is 0 Å². The summed E-state index contributed by atoms with van der Waals surface area (Å²) in [4.78, 5) is 13.2. The molecule has 9 N–H and O–H groups in total. The Labute approximate surface area is 410 Å². The lowest BCUT2D eigenvalue weighted by Crippen LogP contribution is -2.65. The van der Waals surface area contributed by atoms with Crippen LogP contribution in [0.2, 0.25) is 0 Å². The van der Waals surface area contributed by atoms with Crippen molar-refractivity contribution in [1.82, 2.24) is 5.32 Å². The summed E-state index contributed by atoms with van der Waals surface area (Å²) in [6, 6.07) is -0.929. The number of allylic oxidation sites excluding steroid dienone is 7. The third kappa shape index (κ3) is 27.0. The van der Waals surface area contributed by atoms with Crippen molar-refractivity contribution in [3.8, 4) is 0 Å². The highest BCUT2D eigenvalue weighted by Crippen LogP contribution is 2.30. The number of carbonyl (C=O) groups excluding carboxylic acids is 1. The lowest BCUT2D eigenvalue weighted by atomic mass is 9.97. The van der Waals surface area contributed by atoms with Gasteiger partial charge in [-0.2, -0.15) is 0 Å². The van der Waals surface area contributed by atoms with E-state index in [0.29, 0.717) is 12.8 Å². The van der Waals surface area contributed by atoms with Crippen molar-refractivity contribution >= 4 is 5.91 Å². The predicted octanol–water partition coefficient (Wildman–Crippen LogP) is 7.66. The standard InChI is InChI=1S/C54H97NO13/c1-3-5-7-9-11-13-14-15-16-17-18-19-20-21-22-23-24-25-26-27-28-30-32-34-36-38-46(59)55-42(43(58)37-35-33-31-29-12-10-8-6-4-2)41-65-53-51(64)49(62)52(45(40-57)67-53)68-54-50(63)48(61)47(60)44(39-56)66-54/h12,14-15,17-18,29,35,37,42-45,47-54,56-58,60-64H,3-11,13,16,19-28,30-34,36,38-41H2,1-2H3,(H,55,59)/b15-14-,18-17-,29-12+,37-35+. The van der Waals surface area contributed by atoms with Crippen LogP contribution in [0.15, 0.2) is 48.6 Å². The van der Waals surface area contributed by atoms with E-state index in [-0.39, 0.29) is 18.9 Å². The van der Waals surface area contributed by atoms with E-state index in [4.69, 9.17) is 18.9 Å². The Morgan fingerprint density at radius 2 is 0.985 bits per heavy atom. The van der Waals surface area contributed by atoms with E-state index in [1.165, 1.54) is 116 Å². The fourth-order valence-electron chi connectivity index (χ4n) is 8.57. The van der Waals surface area contributed by atoms with Crippen molar-refractivity contribution in [2.24, 2.45) is 0 Å². The zero-order valence-corrected chi connectivity index (χ0v) is 42.1. The van der Waals surface area contributed by atoms with Gasteiger partial charge in [0.05, 0.1) is 32.0 Å². The van der Waals surface area contributed by atoms with E-state index in [1.807, 2.05) is 6.08 Å². The van der Waals surface area contributed by atoms with Crippen molar-refractivity contribution in [2.75, 3.05) is 19.8 Å². The first kappa shape index (κ1) is 62.1. The molecule has 12 atom stereocenters. The molecule has 396 valence electrons. The SMILES string of the molecule is CCCCC/C=C/CC/C=C/C(O)C(COC1OC(CO)C(OC2OC(CO)C(O)C(O)C2O)C(O)C1O)NC(=O)CCCCCCCCCCCCCCC/C=C\C/C=C\CCCCCCC. The molecule has 0 aromatic carbocycles. The molecule has 2 fully saturated rings. The van der Waals surface area contributed by atoms with Crippen LogP contribution in [-0.2, 0) is 23.7 Å². The van der Waals surface area contributed by atoms with Gasteiger partial charge < -0.3 is 65.1 Å². The van der Waals surface area contributed by atoms with Crippen LogP contribution in [0.25, 0.3) is 0 Å². The van der Waals surface area contributed by atoms with Crippen LogP contribution in [-0.4, -0.2) is 140 Å². The number of aliphatic hydroxyl groups is 8. The number of rotatable bonds is 41. The molecule has 0 aromatic rings. The molecular formula is C54H97NO13. The predicted molar refractivity (Wildman–Crippen MR) is 267 cm³/mol. The summed E-state index contributed by atoms with van der Waals surface area (Å²) in [6.07, 6.45) is 31.8. The summed E-state index contributed by atoms with van der Waals surface area (Å²) >= 11 is 0. The number of aliphatic hydroxyl groups excluding tert-OH is 8. The molecular weight excluding hydrogens is 871 g/mol. The van der Waals surface area contributed by atoms with Crippen LogP contribution in [0.3, 0.4) is 0 Å². The van der Waals surface area contributed by atoms with Gasteiger partial charge in [0.2, 0.25) is 5.91 Å². The summed E-state index contributed by atoms with van der Waals surface area (Å²) in [6.45, 7) is 2.69.